The number of benzene rings is 1. The second-order valence-corrected chi connectivity index (χ2v) is 6.29. The van der Waals surface area contributed by atoms with Gasteiger partial charge in [-0.3, -0.25) is 14.3 Å². The molecule has 1 N–H and O–H groups in total. The number of carbonyl (C=O) groups excluding carboxylic acids is 2. The van der Waals surface area contributed by atoms with Crippen molar-refractivity contribution in [1.29, 1.82) is 0 Å². The Labute approximate surface area is 151 Å². The molecule has 1 aromatic carbocycles. The number of carbonyl (C=O) groups is 2. The van der Waals surface area contributed by atoms with E-state index in [1.54, 1.807) is 34.8 Å². The van der Waals surface area contributed by atoms with Crippen molar-refractivity contribution >= 4 is 11.8 Å². The van der Waals surface area contributed by atoms with E-state index in [2.05, 4.69) is 10.4 Å². The van der Waals surface area contributed by atoms with Crippen LogP contribution in [0, 0.1) is 5.82 Å². The molecule has 1 atom stereocenters. The van der Waals surface area contributed by atoms with E-state index in [-0.39, 0.29) is 17.6 Å². The lowest BCUT2D eigenvalue weighted by atomic mass is 10.1. The molecule has 1 fully saturated rings. The summed E-state index contributed by atoms with van der Waals surface area (Å²) in [4.78, 5) is 28.7. The highest BCUT2D eigenvalue weighted by Crippen LogP contribution is 2.17. The highest BCUT2D eigenvalue weighted by Gasteiger charge is 2.30. The van der Waals surface area contributed by atoms with Gasteiger partial charge in [0.25, 0.3) is 5.91 Å². The second kappa shape index (κ2) is 7.65. The number of hydrogen-bond acceptors (Lipinski definition) is 4. The Bertz CT molecular complexity index is 781. The fourth-order valence-electron chi connectivity index (χ4n) is 3.11. The van der Waals surface area contributed by atoms with Crippen molar-refractivity contribution in [1.82, 2.24) is 24.9 Å². The number of nitrogens with zero attached hydrogens (tertiary/aromatic N) is 4. The fraction of sp³-hybridized carbons (Fsp3) is 0.389. The quantitative estimate of drug-likeness (QED) is 0.877. The molecular formula is C18H22FN5O2. The number of aryl methyl sites for hydroxylation is 1. The summed E-state index contributed by atoms with van der Waals surface area (Å²) in [6.45, 7) is 1.82. The zero-order chi connectivity index (χ0) is 18.7. The summed E-state index contributed by atoms with van der Waals surface area (Å²) in [5.74, 6) is -0.547. The van der Waals surface area contributed by atoms with E-state index >= 15 is 0 Å². The average molecular weight is 359 g/mol. The Morgan fingerprint density at radius 3 is 2.27 bits per heavy atom. The number of aromatic nitrogens is 2. The van der Waals surface area contributed by atoms with Crippen LogP contribution in [0.1, 0.15) is 22.0 Å². The summed E-state index contributed by atoms with van der Waals surface area (Å²) in [6.07, 6.45) is 3.49. The van der Waals surface area contributed by atoms with Gasteiger partial charge in [-0.25, -0.2) is 4.39 Å². The first-order valence-electron chi connectivity index (χ1n) is 8.49. The van der Waals surface area contributed by atoms with Gasteiger partial charge in [0, 0.05) is 50.6 Å². The van der Waals surface area contributed by atoms with Crippen LogP contribution in [-0.2, 0) is 11.8 Å². The zero-order valence-corrected chi connectivity index (χ0v) is 14.9. The molecule has 0 bridgehead atoms. The maximum absolute atomic E-state index is 13.0. The lowest BCUT2D eigenvalue weighted by Gasteiger charge is -2.36. The van der Waals surface area contributed by atoms with Crippen LogP contribution in [0.25, 0.3) is 0 Å². The smallest absolute Gasteiger partial charge is 0.253 e. The monoisotopic (exact) mass is 359 g/mol. The van der Waals surface area contributed by atoms with Crippen LogP contribution in [0.2, 0.25) is 0 Å². The summed E-state index contributed by atoms with van der Waals surface area (Å²) in [5, 5.41) is 7.15. The van der Waals surface area contributed by atoms with Gasteiger partial charge in [0.1, 0.15) is 11.9 Å². The zero-order valence-electron chi connectivity index (χ0n) is 14.9. The van der Waals surface area contributed by atoms with E-state index < -0.39 is 6.04 Å². The molecule has 8 heteroatoms. The lowest BCUT2D eigenvalue weighted by Crippen LogP contribution is -2.52. The SMILES string of the molecule is CNC(C(=O)N1CCN(C(=O)c2ccc(F)cc2)CC1)c1cnn(C)c1. The van der Waals surface area contributed by atoms with Crippen molar-refractivity contribution in [3.05, 3.63) is 53.6 Å². The van der Waals surface area contributed by atoms with Crippen molar-refractivity contribution in [2.75, 3.05) is 33.2 Å². The van der Waals surface area contributed by atoms with Crippen molar-refractivity contribution in [3.63, 3.8) is 0 Å². The molecule has 2 heterocycles. The van der Waals surface area contributed by atoms with Crippen LogP contribution in [0.5, 0.6) is 0 Å². The van der Waals surface area contributed by atoms with Crippen molar-refractivity contribution in [3.8, 4) is 0 Å². The first-order chi connectivity index (χ1) is 12.5. The molecule has 1 unspecified atom stereocenters. The van der Waals surface area contributed by atoms with E-state index in [9.17, 15) is 14.0 Å². The molecule has 1 saturated heterocycles. The van der Waals surface area contributed by atoms with Gasteiger partial charge in [-0.05, 0) is 31.3 Å². The average Bonchev–Trinajstić information content (AvgIpc) is 3.08. The van der Waals surface area contributed by atoms with Gasteiger partial charge in [-0.2, -0.15) is 5.10 Å². The van der Waals surface area contributed by atoms with E-state index in [1.807, 2.05) is 6.20 Å². The minimum absolute atomic E-state index is 0.0330. The van der Waals surface area contributed by atoms with Gasteiger partial charge in [-0.15, -0.1) is 0 Å². The van der Waals surface area contributed by atoms with Gasteiger partial charge in [0.05, 0.1) is 6.20 Å². The Morgan fingerprint density at radius 2 is 1.73 bits per heavy atom. The summed E-state index contributed by atoms with van der Waals surface area (Å²) >= 11 is 0. The number of nitrogens with one attached hydrogen (secondary N) is 1. The molecule has 0 aliphatic carbocycles. The molecule has 2 amide bonds. The number of hydrogen-bond donors (Lipinski definition) is 1. The van der Waals surface area contributed by atoms with Crippen molar-refractivity contribution in [2.45, 2.75) is 6.04 Å². The normalized spacial score (nSPS) is 15.8. The highest BCUT2D eigenvalue weighted by molar-refractivity contribution is 5.94. The summed E-state index contributed by atoms with van der Waals surface area (Å²) in [5.41, 5.74) is 1.26. The number of halogens is 1. The summed E-state index contributed by atoms with van der Waals surface area (Å²) in [7, 11) is 3.55. The molecule has 1 aromatic heterocycles. The Hall–Kier alpha value is -2.74. The number of amides is 2. The van der Waals surface area contributed by atoms with Crippen LogP contribution in [-0.4, -0.2) is 64.6 Å². The minimum atomic E-state index is -0.456. The van der Waals surface area contributed by atoms with E-state index in [1.165, 1.54) is 24.3 Å². The standard InChI is InChI=1S/C18H22FN5O2/c1-20-16(14-11-21-22(2)12-14)18(26)24-9-7-23(8-10-24)17(25)13-3-5-15(19)6-4-13/h3-6,11-12,16,20H,7-10H2,1-2H3. The third-order valence-corrected chi connectivity index (χ3v) is 4.56. The van der Waals surface area contributed by atoms with Crippen LogP contribution >= 0.6 is 0 Å². The van der Waals surface area contributed by atoms with Crippen LogP contribution < -0.4 is 5.32 Å². The van der Waals surface area contributed by atoms with Crippen LogP contribution in [0.4, 0.5) is 4.39 Å². The molecule has 1 aliphatic heterocycles. The van der Waals surface area contributed by atoms with E-state index in [4.69, 9.17) is 0 Å². The van der Waals surface area contributed by atoms with E-state index in [0.717, 1.165) is 5.56 Å². The van der Waals surface area contributed by atoms with Gasteiger partial charge in [-0.1, -0.05) is 0 Å². The van der Waals surface area contributed by atoms with Crippen LogP contribution in [0.3, 0.4) is 0 Å². The molecule has 0 saturated carbocycles. The maximum Gasteiger partial charge on any atom is 0.253 e. The molecule has 2 aromatic rings. The molecule has 138 valence electrons. The summed E-state index contributed by atoms with van der Waals surface area (Å²) in [6, 6.07) is 5.06. The second-order valence-electron chi connectivity index (χ2n) is 6.29. The third-order valence-electron chi connectivity index (χ3n) is 4.56. The minimum Gasteiger partial charge on any atom is -0.337 e. The van der Waals surface area contributed by atoms with Crippen LogP contribution in [0.15, 0.2) is 36.7 Å². The maximum atomic E-state index is 13.0. The number of piperazine rings is 1. The third kappa shape index (κ3) is 3.75. The van der Waals surface area contributed by atoms with Gasteiger partial charge >= 0.3 is 0 Å². The lowest BCUT2D eigenvalue weighted by molar-refractivity contribution is -0.135. The Balaban J connectivity index is 1.61. The van der Waals surface area contributed by atoms with Crippen molar-refractivity contribution in [2.24, 2.45) is 7.05 Å². The molecule has 0 radical (unpaired) electrons. The molecule has 3 rings (SSSR count). The first-order valence-corrected chi connectivity index (χ1v) is 8.49. The number of likely N-dealkylation sites (N-methyl/N-ethyl adjacent to an activating group) is 1. The van der Waals surface area contributed by atoms with Gasteiger partial charge in [0.2, 0.25) is 5.91 Å². The van der Waals surface area contributed by atoms with E-state index in [0.29, 0.717) is 31.7 Å². The molecule has 26 heavy (non-hydrogen) atoms. The van der Waals surface area contributed by atoms with Gasteiger partial charge < -0.3 is 15.1 Å². The molecule has 0 spiro atoms. The Kier molecular flexibility index (Phi) is 5.32. The molecular weight excluding hydrogens is 337 g/mol. The first kappa shape index (κ1) is 18.1. The largest absolute Gasteiger partial charge is 0.337 e. The van der Waals surface area contributed by atoms with Gasteiger partial charge in [0.15, 0.2) is 0 Å². The summed E-state index contributed by atoms with van der Waals surface area (Å²) < 4.78 is 14.7. The fourth-order valence-corrected chi connectivity index (χ4v) is 3.11. The van der Waals surface area contributed by atoms with Crippen molar-refractivity contribution < 1.29 is 14.0 Å². The predicted molar refractivity (Wildman–Crippen MR) is 93.9 cm³/mol. The predicted octanol–water partition coefficient (Wildman–Crippen LogP) is 0.804. The number of rotatable bonds is 4. The topological polar surface area (TPSA) is 70.5 Å². The highest BCUT2D eigenvalue weighted by atomic mass is 19.1. The Morgan fingerprint density at radius 1 is 1.12 bits per heavy atom. The molecule has 7 nitrogen and oxygen atoms in total. The molecule has 1 aliphatic rings.